The van der Waals surface area contributed by atoms with Crippen LogP contribution in [0.4, 0.5) is 0 Å². The fraction of sp³-hybridized carbons (Fsp3) is 0.273. The fourth-order valence-electron chi connectivity index (χ4n) is 3.72. The maximum absolute atomic E-state index is 12.8. The summed E-state index contributed by atoms with van der Waals surface area (Å²) >= 11 is 3.03. The predicted octanol–water partition coefficient (Wildman–Crippen LogP) is 2.77. The van der Waals surface area contributed by atoms with E-state index in [9.17, 15) is 9.59 Å². The van der Waals surface area contributed by atoms with E-state index in [2.05, 4.69) is 14.9 Å². The predicted molar refractivity (Wildman–Crippen MR) is 122 cm³/mol. The van der Waals surface area contributed by atoms with Gasteiger partial charge in [0.05, 0.1) is 17.8 Å². The monoisotopic (exact) mass is 451 g/mol. The average Bonchev–Trinajstić information content (AvgIpc) is 3.45. The van der Waals surface area contributed by atoms with Gasteiger partial charge in [0.1, 0.15) is 5.01 Å². The van der Waals surface area contributed by atoms with E-state index in [1.165, 1.54) is 11.3 Å². The van der Waals surface area contributed by atoms with Crippen molar-refractivity contribution in [3.8, 4) is 10.6 Å². The van der Waals surface area contributed by atoms with Gasteiger partial charge < -0.3 is 4.90 Å². The Hall–Kier alpha value is -2.88. The van der Waals surface area contributed by atoms with Crippen molar-refractivity contribution in [3.05, 3.63) is 75.1 Å². The summed E-state index contributed by atoms with van der Waals surface area (Å²) in [6.07, 6.45) is 2.07. The number of carbonyl (C=O) groups excluding carboxylic acids is 1. The highest BCUT2D eigenvalue weighted by Gasteiger charge is 2.22. The summed E-state index contributed by atoms with van der Waals surface area (Å²) in [5, 5.41) is 4.78. The summed E-state index contributed by atoms with van der Waals surface area (Å²) in [6, 6.07) is 11.6. The van der Waals surface area contributed by atoms with Gasteiger partial charge in [0.25, 0.3) is 5.56 Å². The molecule has 0 atom stereocenters. The highest BCUT2D eigenvalue weighted by molar-refractivity contribution is 7.15. The van der Waals surface area contributed by atoms with Crippen molar-refractivity contribution in [2.45, 2.75) is 13.0 Å². The van der Waals surface area contributed by atoms with Gasteiger partial charge in [0.2, 0.25) is 5.91 Å². The smallest absolute Gasteiger partial charge is 0.258 e. The molecule has 1 amide bonds. The van der Waals surface area contributed by atoms with Crippen LogP contribution in [0.3, 0.4) is 0 Å². The summed E-state index contributed by atoms with van der Waals surface area (Å²) in [5.74, 6) is 0.112. The summed E-state index contributed by atoms with van der Waals surface area (Å²) in [5.41, 5.74) is 2.63. The minimum atomic E-state index is -0.0480. The van der Waals surface area contributed by atoms with Crippen molar-refractivity contribution in [1.29, 1.82) is 0 Å². The Morgan fingerprint density at radius 2 is 1.81 bits per heavy atom. The molecular formula is C22H21N5O2S2. The van der Waals surface area contributed by atoms with Crippen LogP contribution in [0.5, 0.6) is 0 Å². The van der Waals surface area contributed by atoms with Crippen LogP contribution in [0.15, 0.2) is 58.1 Å². The van der Waals surface area contributed by atoms with Crippen molar-refractivity contribution < 1.29 is 4.79 Å². The van der Waals surface area contributed by atoms with Gasteiger partial charge in [-0.3, -0.25) is 18.9 Å². The molecule has 0 unspecified atom stereocenters. The van der Waals surface area contributed by atoms with Gasteiger partial charge in [-0.1, -0.05) is 30.3 Å². The summed E-state index contributed by atoms with van der Waals surface area (Å²) in [4.78, 5) is 39.0. The lowest BCUT2D eigenvalue weighted by atomic mass is 10.2. The van der Waals surface area contributed by atoms with Gasteiger partial charge in [-0.2, -0.15) is 0 Å². The van der Waals surface area contributed by atoms with E-state index in [1.54, 1.807) is 28.0 Å². The summed E-state index contributed by atoms with van der Waals surface area (Å²) in [6.45, 7) is 3.51. The molecule has 1 saturated heterocycles. The highest BCUT2D eigenvalue weighted by Crippen LogP contribution is 2.23. The molecule has 7 nitrogen and oxygen atoms in total. The molecule has 3 aromatic heterocycles. The highest BCUT2D eigenvalue weighted by atomic mass is 32.1. The molecule has 1 aromatic carbocycles. The van der Waals surface area contributed by atoms with Crippen molar-refractivity contribution in [1.82, 2.24) is 24.2 Å². The van der Waals surface area contributed by atoms with Gasteiger partial charge in [0, 0.05) is 61.3 Å². The molecule has 9 heteroatoms. The van der Waals surface area contributed by atoms with Crippen molar-refractivity contribution in [2.24, 2.45) is 0 Å². The van der Waals surface area contributed by atoms with Crippen LogP contribution >= 0.6 is 22.7 Å². The lowest BCUT2D eigenvalue weighted by Gasteiger charge is -2.34. The van der Waals surface area contributed by atoms with Gasteiger partial charge in [-0.05, 0) is 0 Å². The van der Waals surface area contributed by atoms with Crippen molar-refractivity contribution in [3.63, 3.8) is 0 Å². The van der Waals surface area contributed by atoms with Gasteiger partial charge in [-0.25, -0.2) is 9.97 Å². The van der Waals surface area contributed by atoms with Crippen LogP contribution in [0, 0.1) is 0 Å². The van der Waals surface area contributed by atoms with Crippen LogP contribution in [-0.4, -0.2) is 56.3 Å². The van der Waals surface area contributed by atoms with Crippen LogP contribution in [0.2, 0.25) is 0 Å². The van der Waals surface area contributed by atoms with Crippen LogP contribution < -0.4 is 5.56 Å². The number of thiazole rings is 2. The van der Waals surface area contributed by atoms with Crippen molar-refractivity contribution in [2.75, 3.05) is 26.2 Å². The Morgan fingerprint density at radius 1 is 1.00 bits per heavy atom. The van der Waals surface area contributed by atoms with E-state index in [-0.39, 0.29) is 11.5 Å². The first-order valence-corrected chi connectivity index (χ1v) is 11.9. The lowest BCUT2D eigenvalue weighted by Crippen LogP contribution is -2.48. The number of amides is 1. The third kappa shape index (κ3) is 4.43. The number of hydrogen-bond acceptors (Lipinski definition) is 7. The van der Waals surface area contributed by atoms with E-state index < -0.39 is 0 Å². The maximum atomic E-state index is 12.8. The number of carbonyl (C=O) groups is 1. The van der Waals surface area contributed by atoms with Gasteiger partial charge >= 0.3 is 0 Å². The zero-order chi connectivity index (χ0) is 21.2. The van der Waals surface area contributed by atoms with E-state index in [0.717, 1.165) is 40.0 Å². The zero-order valence-electron chi connectivity index (χ0n) is 16.8. The van der Waals surface area contributed by atoms with Crippen molar-refractivity contribution >= 4 is 33.5 Å². The third-order valence-electron chi connectivity index (χ3n) is 5.37. The Bertz CT molecular complexity index is 1260. The van der Waals surface area contributed by atoms with Gasteiger partial charge in [0.15, 0.2) is 4.96 Å². The molecule has 0 spiro atoms. The molecule has 0 saturated carbocycles. The molecule has 4 aromatic rings. The zero-order valence-corrected chi connectivity index (χ0v) is 18.4. The number of hydrogen-bond donors (Lipinski definition) is 0. The molecule has 0 bridgehead atoms. The van der Waals surface area contributed by atoms with Gasteiger partial charge in [-0.15, -0.1) is 22.7 Å². The maximum Gasteiger partial charge on any atom is 0.258 e. The number of piperazine rings is 1. The second-order valence-corrected chi connectivity index (χ2v) is 9.22. The third-order valence-corrected chi connectivity index (χ3v) is 7.07. The number of nitrogens with zero attached hydrogens (tertiary/aromatic N) is 5. The molecule has 1 aliphatic heterocycles. The number of benzene rings is 1. The first-order valence-electron chi connectivity index (χ1n) is 10.1. The molecule has 0 radical (unpaired) electrons. The first kappa shape index (κ1) is 20.0. The molecule has 1 fully saturated rings. The Morgan fingerprint density at radius 3 is 2.61 bits per heavy atom. The first-order chi connectivity index (χ1) is 15.2. The average molecular weight is 452 g/mol. The van der Waals surface area contributed by atoms with E-state index in [0.29, 0.717) is 26.1 Å². The Kier molecular flexibility index (Phi) is 5.63. The minimum Gasteiger partial charge on any atom is -0.340 e. The number of rotatable bonds is 5. The summed E-state index contributed by atoms with van der Waals surface area (Å²) < 4.78 is 1.56. The number of fused-ring (bicyclic) bond motifs is 1. The van der Waals surface area contributed by atoms with E-state index in [4.69, 9.17) is 0 Å². The second-order valence-electron chi connectivity index (χ2n) is 7.49. The standard InChI is InChI=1S/C22H21N5O2S2/c28-19(13-18-15-31-21(23-18)16-4-2-1-3-5-16)26-8-6-25(7-9-26)14-17-12-20(29)27-10-11-30-22(27)24-17/h1-5,10-12,15H,6-9,13-14H2. The normalized spacial score (nSPS) is 14.9. The molecule has 1 aliphatic rings. The molecule has 158 valence electrons. The molecule has 31 heavy (non-hydrogen) atoms. The Labute approximate surface area is 187 Å². The Balaban J connectivity index is 1.16. The summed E-state index contributed by atoms with van der Waals surface area (Å²) in [7, 11) is 0. The topological polar surface area (TPSA) is 70.8 Å². The SMILES string of the molecule is O=C(Cc1csc(-c2ccccc2)n1)N1CCN(Cc2cc(=O)n3ccsc3n2)CC1. The molecular weight excluding hydrogens is 430 g/mol. The van der Waals surface area contributed by atoms with Crippen LogP contribution in [0.1, 0.15) is 11.4 Å². The molecule has 0 aliphatic carbocycles. The quantitative estimate of drug-likeness (QED) is 0.467. The fourth-order valence-corrected chi connectivity index (χ4v) is 5.29. The van der Waals surface area contributed by atoms with Crippen LogP contribution in [-0.2, 0) is 17.8 Å². The molecule has 4 heterocycles. The molecule has 5 rings (SSSR count). The van der Waals surface area contributed by atoms with E-state index in [1.807, 2.05) is 46.0 Å². The number of aromatic nitrogens is 3. The second kappa shape index (κ2) is 8.70. The molecule has 0 N–H and O–H groups in total. The lowest BCUT2D eigenvalue weighted by molar-refractivity contribution is -0.132. The minimum absolute atomic E-state index is 0.0480. The van der Waals surface area contributed by atoms with E-state index >= 15 is 0 Å². The largest absolute Gasteiger partial charge is 0.340 e. The van der Waals surface area contributed by atoms with Crippen LogP contribution in [0.25, 0.3) is 15.5 Å².